The largest absolute Gasteiger partial charge is 0.481 e. The second kappa shape index (κ2) is 9.82. The van der Waals surface area contributed by atoms with E-state index in [9.17, 15) is 22.8 Å². The van der Waals surface area contributed by atoms with Crippen LogP contribution in [-0.4, -0.2) is 21.9 Å². The molecule has 8 heteroatoms. The van der Waals surface area contributed by atoms with E-state index in [1.54, 1.807) is 23.1 Å². The molecule has 0 aliphatic heterocycles. The number of alkyl halides is 3. The molecule has 1 aliphatic rings. The van der Waals surface area contributed by atoms with Gasteiger partial charge in [0.15, 0.2) is 0 Å². The highest BCUT2D eigenvalue weighted by Crippen LogP contribution is 2.39. The summed E-state index contributed by atoms with van der Waals surface area (Å²) < 4.78 is 46.5. The molecule has 5 nitrogen and oxygen atoms in total. The number of carboxylic acids is 1. The summed E-state index contributed by atoms with van der Waals surface area (Å²) in [5.41, 5.74) is 1.99. The van der Waals surface area contributed by atoms with E-state index < -0.39 is 17.7 Å². The molecule has 35 heavy (non-hydrogen) atoms. The van der Waals surface area contributed by atoms with Gasteiger partial charge in [-0.1, -0.05) is 36.4 Å². The molecular formula is C27H24F3NO4. The lowest BCUT2D eigenvalue weighted by atomic mass is 10.0. The van der Waals surface area contributed by atoms with E-state index in [0.29, 0.717) is 17.7 Å². The van der Waals surface area contributed by atoms with Crippen molar-refractivity contribution in [2.24, 2.45) is 0 Å². The van der Waals surface area contributed by atoms with Crippen molar-refractivity contribution in [2.45, 2.75) is 44.9 Å². The van der Waals surface area contributed by atoms with Crippen molar-refractivity contribution >= 4 is 11.9 Å². The maximum absolute atomic E-state index is 13.5. The first-order chi connectivity index (χ1) is 16.6. The van der Waals surface area contributed by atoms with Crippen LogP contribution in [0.1, 0.15) is 47.2 Å². The van der Waals surface area contributed by atoms with Crippen LogP contribution >= 0.6 is 0 Å². The summed E-state index contributed by atoms with van der Waals surface area (Å²) in [6.45, 7) is 1.34. The van der Waals surface area contributed by atoms with Crippen LogP contribution in [0.3, 0.4) is 0 Å². The van der Waals surface area contributed by atoms with E-state index in [1.165, 1.54) is 19.1 Å². The van der Waals surface area contributed by atoms with Crippen LogP contribution in [0, 0.1) is 0 Å². The van der Waals surface area contributed by atoms with Crippen LogP contribution in [0.25, 0.3) is 0 Å². The number of hydrogen-bond acceptors (Lipinski definition) is 3. The summed E-state index contributed by atoms with van der Waals surface area (Å²) in [5.74, 6) is -0.793. The monoisotopic (exact) mass is 483 g/mol. The summed E-state index contributed by atoms with van der Waals surface area (Å²) in [6, 6.07) is 17.1. The number of halogens is 3. The Balaban J connectivity index is 1.69. The highest BCUT2D eigenvalue weighted by atomic mass is 19.4. The Hall–Kier alpha value is -3.81. The van der Waals surface area contributed by atoms with Gasteiger partial charge in [0, 0.05) is 19.0 Å². The highest BCUT2D eigenvalue weighted by molar-refractivity contribution is 5.74. The standard InChI is InChI=1S/C27H24F3NO4/c1-17(32)31(24-11-9-19-6-2-3-8-23(19)24)16-20-15-21(27(28,29)30)10-12-25(20)35-22-7-4-5-18(13-22)14-26(33)34/h2-8,10,12-13,15,24H,9,11,14,16H2,1H3,(H,33,34)/t24-/m1/s1. The Labute approximate surface area is 200 Å². The smallest absolute Gasteiger partial charge is 0.416 e. The number of aliphatic carboxylic acids is 1. The summed E-state index contributed by atoms with van der Waals surface area (Å²) in [5, 5.41) is 9.04. The van der Waals surface area contributed by atoms with Crippen molar-refractivity contribution in [3.8, 4) is 11.5 Å². The fourth-order valence-corrected chi connectivity index (χ4v) is 4.48. The Bertz CT molecular complexity index is 1260. The normalized spacial score (nSPS) is 14.9. The fourth-order valence-electron chi connectivity index (χ4n) is 4.48. The van der Waals surface area contributed by atoms with Gasteiger partial charge in [0.2, 0.25) is 5.91 Å². The number of carboxylic acid groups (broad SMARTS) is 1. The van der Waals surface area contributed by atoms with E-state index in [0.717, 1.165) is 29.7 Å². The molecule has 1 N–H and O–H groups in total. The molecule has 1 atom stereocenters. The molecule has 0 saturated heterocycles. The van der Waals surface area contributed by atoms with E-state index >= 15 is 0 Å². The van der Waals surface area contributed by atoms with Crippen molar-refractivity contribution in [3.63, 3.8) is 0 Å². The molecule has 0 aromatic heterocycles. The van der Waals surface area contributed by atoms with Crippen LogP contribution in [0.15, 0.2) is 66.7 Å². The van der Waals surface area contributed by atoms with Crippen molar-refractivity contribution in [1.29, 1.82) is 0 Å². The van der Waals surface area contributed by atoms with Crippen LogP contribution in [-0.2, 0) is 35.2 Å². The van der Waals surface area contributed by atoms with E-state index in [1.807, 2.05) is 24.3 Å². The third kappa shape index (κ3) is 5.65. The van der Waals surface area contributed by atoms with Gasteiger partial charge in [-0.15, -0.1) is 0 Å². The number of carbonyl (C=O) groups excluding carboxylic acids is 1. The lowest BCUT2D eigenvalue weighted by Crippen LogP contribution is -2.31. The summed E-state index contributed by atoms with van der Waals surface area (Å²) in [7, 11) is 0. The minimum Gasteiger partial charge on any atom is -0.481 e. The van der Waals surface area contributed by atoms with Gasteiger partial charge in [0.05, 0.1) is 18.0 Å². The zero-order valence-corrected chi connectivity index (χ0v) is 19.0. The van der Waals surface area contributed by atoms with Gasteiger partial charge in [-0.3, -0.25) is 9.59 Å². The molecule has 1 amide bonds. The van der Waals surface area contributed by atoms with E-state index in [2.05, 4.69) is 0 Å². The van der Waals surface area contributed by atoms with Gasteiger partial charge in [0.1, 0.15) is 11.5 Å². The number of amides is 1. The number of fused-ring (bicyclic) bond motifs is 1. The lowest BCUT2D eigenvalue weighted by Gasteiger charge is -2.30. The molecule has 0 saturated carbocycles. The molecule has 0 bridgehead atoms. The molecule has 0 unspecified atom stereocenters. The van der Waals surface area contributed by atoms with Crippen LogP contribution < -0.4 is 4.74 Å². The zero-order valence-electron chi connectivity index (χ0n) is 19.0. The summed E-state index contributed by atoms with van der Waals surface area (Å²) in [6.07, 6.45) is -3.30. The van der Waals surface area contributed by atoms with Gasteiger partial charge in [-0.25, -0.2) is 0 Å². The van der Waals surface area contributed by atoms with E-state index in [-0.39, 0.29) is 36.2 Å². The Morgan fingerprint density at radius 2 is 1.83 bits per heavy atom. The molecule has 3 aromatic carbocycles. The first kappa shape index (κ1) is 24.3. The van der Waals surface area contributed by atoms with Gasteiger partial charge in [0.25, 0.3) is 0 Å². The van der Waals surface area contributed by atoms with Crippen molar-refractivity contribution in [2.75, 3.05) is 0 Å². The maximum atomic E-state index is 13.5. The predicted molar refractivity (Wildman–Crippen MR) is 123 cm³/mol. The highest BCUT2D eigenvalue weighted by Gasteiger charge is 2.33. The number of hydrogen-bond donors (Lipinski definition) is 1. The maximum Gasteiger partial charge on any atom is 0.416 e. The second-order valence-electron chi connectivity index (χ2n) is 8.54. The fraction of sp³-hybridized carbons (Fsp3) is 0.259. The van der Waals surface area contributed by atoms with Crippen LogP contribution in [0.5, 0.6) is 11.5 Å². The molecule has 0 fully saturated rings. The number of benzene rings is 3. The Kier molecular flexibility index (Phi) is 6.82. The topological polar surface area (TPSA) is 66.8 Å². The quantitative estimate of drug-likeness (QED) is 0.437. The Morgan fingerprint density at radius 1 is 1.06 bits per heavy atom. The number of carbonyl (C=O) groups is 2. The van der Waals surface area contributed by atoms with Crippen LogP contribution in [0.2, 0.25) is 0 Å². The minimum absolute atomic E-state index is 0.0671. The third-order valence-corrected chi connectivity index (χ3v) is 6.09. The van der Waals surface area contributed by atoms with Gasteiger partial charge < -0.3 is 14.7 Å². The molecule has 3 aromatic rings. The third-order valence-electron chi connectivity index (χ3n) is 6.09. The minimum atomic E-state index is -4.56. The van der Waals surface area contributed by atoms with Gasteiger partial charge in [-0.2, -0.15) is 13.2 Å². The molecule has 4 rings (SSSR count). The van der Waals surface area contributed by atoms with Crippen molar-refractivity contribution in [3.05, 3.63) is 94.5 Å². The zero-order chi connectivity index (χ0) is 25.2. The first-order valence-electron chi connectivity index (χ1n) is 11.2. The molecule has 0 radical (unpaired) electrons. The predicted octanol–water partition coefficient (Wildman–Crippen LogP) is 6.16. The van der Waals surface area contributed by atoms with Crippen LogP contribution in [0.4, 0.5) is 13.2 Å². The van der Waals surface area contributed by atoms with Crippen molar-refractivity contribution < 1.29 is 32.6 Å². The molecule has 182 valence electrons. The number of aryl methyl sites for hydroxylation is 1. The summed E-state index contributed by atoms with van der Waals surface area (Å²) in [4.78, 5) is 25.3. The average molecular weight is 483 g/mol. The van der Waals surface area contributed by atoms with Gasteiger partial charge in [-0.05, 0) is 59.9 Å². The second-order valence-corrected chi connectivity index (χ2v) is 8.54. The Morgan fingerprint density at radius 3 is 2.54 bits per heavy atom. The summed E-state index contributed by atoms with van der Waals surface area (Å²) >= 11 is 0. The number of ether oxygens (including phenoxy) is 1. The van der Waals surface area contributed by atoms with Crippen molar-refractivity contribution in [1.82, 2.24) is 4.90 Å². The molecular weight excluding hydrogens is 459 g/mol. The number of nitrogens with zero attached hydrogens (tertiary/aromatic N) is 1. The van der Waals surface area contributed by atoms with Gasteiger partial charge >= 0.3 is 12.1 Å². The average Bonchev–Trinajstić information content (AvgIpc) is 3.21. The number of rotatable bonds is 7. The molecule has 0 spiro atoms. The van der Waals surface area contributed by atoms with E-state index in [4.69, 9.17) is 9.84 Å². The lowest BCUT2D eigenvalue weighted by molar-refractivity contribution is -0.138. The SMILES string of the molecule is CC(=O)N(Cc1cc(C(F)(F)F)ccc1Oc1cccc(CC(=O)O)c1)[C@@H]1CCc2ccccc21. The molecule has 0 heterocycles. The molecule has 1 aliphatic carbocycles. The first-order valence-corrected chi connectivity index (χ1v) is 11.2.